The highest BCUT2D eigenvalue weighted by molar-refractivity contribution is 5.87. The van der Waals surface area contributed by atoms with E-state index < -0.39 is 18.1 Å². The minimum Gasteiger partial charge on any atom is -0.467 e. The number of nitrogens with zero attached hydrogens (tertiary/aromatic N) is 1. The second-order valence-electron chi connectivity index (χ2n) is 4.49. The van der Waals surface area contributed by atoms with Crippen molar-refractivity contribution >= 4 is 11.9 Å². The molecule has 1 fully saturated rings. The molecule has 0 spiro atoms. The SMILES string of the molecule is COC(=O)[C@@H](CCCCC#N)NC(=O)[C@@H]1CCCO1. The van der Waals surface area contributed by atoms with Crippen LogP contribution in [-0.2, 0) is 19.1 Å². The van der Waals surface area contributed by atoms with Crippen LogP contribution >= 0.6 is 0 Å². The molecule has 0 aliphatic carbocycles. The average Bonchev–Trinajstić information content (AvgIpc) is 2.95. The van der Waals surface area contributed by atoms with E-state index in [-0.39, 0.29) is 5.91 Å². The van der Waals surface area contributed by atoms with Crippen molar-refractivity contribution in [1.82, 2.24) is 5.32 Å². The lowest BCUT2D eigenvalue weighted by molar-refractivity contribution is -0.146. The van der Waals surface area contributed by atoms with Gasteiger partial charge in [0.25, 0.3) is 0 Å². The van der Waals surface area contributed by atoms with Crippen LogP contribution in [0.3, 0.4) is 0 Å². The second kappa shape index (κ2) is 8.48. The Hall–Kier alpha value is -1.61. The Morgan fingerprint density at radius 3 is 2.89 bits per heavy atom. The first-order valence-corrected chi connectivity index (χ1v) is 6.55. The van der Waals surface area contributed by atoms with E-state index in [2.05, 4.69) is 10.1 Å². The lowest BCUT2D eigenvalue weighted by Crippen LogP contribution is -2.45. The maximum absolute atomic E-state index is 11.9. The number of hydrogen-bond donors (Lipinski definition) is 1. The zero-order valence-electron chi connectivity index (χ0n) is 11.2. The van der Waals surface area contributed by atoms with Crippen molar-refractivity contribution in [3.05, 3.63) is 0 Å². The van der Waals surface area contributed by atoms with Gasteiger partial charge in [-0.15, -0.1) is 0 Å². The molecule has 1 aliphatic rings. The van der Waals surface area contributed by atoms with E-state index in [1.165, 1.54) is 7.11 Å². The summed E-state index contributed by atoms with van der Waals surface area (Å²) < 4.78 is 9.94. The van der Waals surface area contributed by atoms with E-state index in [9.17, 15) is 9.59 Å². The third-order valence-electron chi connectivity index (χ3n) is 3.06. The normalized spacial score (nSPS) is 19.5. The van der Waals surface area contributed by atoms with E-state index in [1.54, 1.807) is 0 Å². The zero-order chi connectivity index (χ0) is 14.1. The van der Waals surface area contributed by atoms with Gasteiger partial charge in [0.05, 0.1) is 13.2 Å². The molecular formula is C13H20N2O4. The lowest BCUT2D eigenvalue weighted by atomic mass is 10.1. The third kappa shape index (κ3) is 5.26. The number of hydrogen-bond acceptors (Lipinski definition) is 5. The summed E-state index contributed by atoms with van der Waals surface area (Å²) in [6.45, 7) is 0.586. The molecule has 1 rings (SSSR count). The number of rotatable bonds is 7. The Kier molecular flexibility index (Phi) is 6.90. The maximum atomic E-state index is 11.9. The Labute approximate surface area is 113 Å². The Morgan fingerprint density at radius 2 is 2.32 bits per heavy atom. The number of unbranched alkanes of at least 4 members (excludes halogenated alkanes) is 2. The van der Waals surface area contributed by atoms with Crippen LogP contribution in [0.4, 0.5) is 0 Å². The molecule has 19 heavy (non-hydrogen) atoms. The van der Waals surface area contributed by atoms with Crippen LogP contribution in [0, 0.1) is 11.3 Å². The van der Waals surface area contributed by atoms with Crippen LogP contribution in [0.2, 0.25) is 0 Å². The summed E-state index contributed by atoms with van der Waals surface area (Å²) in [6.07, 6.45) is 3.43. The summed E-state index contributed by atoms with van der Waals surface area (Å²) in [5.41, 5.74) is 0. The molecule has 1 amide bonds. The predicted molar refractivity (Wildman–Crippen MR) is 67.0 cm³/mol. The van der Waals surface area contributed by atoms with Crippen LogP contribution in [0.5, 0.6) is 0 Å². The number of nitrogens with one attached hydrogen (secondary N) is 1. The highest BCUT2D eigenvalue weighted by Gasteiger charge is 2.28. The molecule has 0 aromatic heterocycles. The van der Waals surface area contributed by atoms with Gasteiger partial charge in [-0.2, -0.15) is 5.26 Å². The van der Waals surface area contributed by atoms with Crippen LogP contribution < -0.4 is 5.32 Å². The van der Waals surface area contributed by atoms with Crippen LogP contribution in [-0.4, -0.2) is 37.7 Å². The standard InChI is InChI=1S/C13H20N2O4/c1-18-13(17)10(6-3-2-4-8-14)15-12(16)11-7-5-9-19-11/h10-11H,2-7,9H2,1H3,(H,15,16)/t10-,11+/m1/s1. The van der Waals surface area contributed by atoms with Gasteiger partial charge in [0, 0.05) is 13.0 Å². The quantitative estimate of drug-likeness (QED) is 0.547. The fourth-order valence-corrected chi connectivity index (χ4v) is 1.99. The van der Waals surface area contributed by atoms with Gasteiger partial charge in [0.1, 0.15) is 12.1 Å². The topological polar surface area (TPSA) is 88.4 Å². The lowest BCUT2D eigenvalue weighted by Gasteiger charge is -2.18. The van der Waals surface area contributed by atoms with E-state index >= 15 is 0 Å². The van der Waals surface area contributed by atoms with Crippen LogP contribution in [0.25, 0.3) is 0 Å². The predicted octanol–water partition coefficient (Wildman–Crippen LogP) is 0.907. The number of amides is 1. The van der Waals surface area contributed by atoms with Gasteiger partial charge in [-0.1, -0.05) is 0 Å². The Morgan fingerprint density at radius 1 is 1.53 bits per heavy atom. The van der Waals surface area contributed by atoms with Gasteiger partial charge < -0.3 is 14.8 Å². The van der Waals surface area contributed by atoms with E-state index in [4.69, 9.17) is 10.00 Å². The number of ether oxygens (including phenoxy) is 2. The Balaban J connectivity index is 2.42. The van der Waals surface area contributed by atoms with E-state index in [0.29, 0.717) is 38.7 Å². The molecule has 2 atom stereocenters. The first-order valence-electron chi connectivity index (χ1n) is 6.55. The third-order valence-corrected chi connectivity index (χ3v) is 3.06. The number of methoxy groups -OCH3 is 1. The summed E-state index contributed by atoms with van der Waals surface area (Å²) in [5, 5.41) is 11.1. The summed E-state index contributed by atoms with van der Waals surface area (Å²) in [6, 6.07) is 1.39. The maximum Gasteiger partial charge on any atom is 0.328 e. The van der Waals surface area contributed by atoms with Crippen molar-refractivity contribution in [1.29, 1.82) is 5.26 Å². The van der Waals surface area contributed by atoms with Gasteiger partial charge >= 0.3 is 5.97 Å². The summed E-state index contributed by atoms with van der Waals surface area (Å²) in [4.78, 5) is 23.5. The fraction of sp³-hybridized carbons (Fsp3) is 0.769. The van der Waals surface area contributed by atoms with Gasteiger partial charge in [-0.25, -0.2) is 4.79 Å². The Bertz CT molecular complexity index is 345. The summed E-state index contributed by atoms with van der Waals surface area (Å²) in [7, 11) is 1.29. The van der Waals surface area contributed by atoms with Crippen molar-refractivity contribution in [2.75, 3.05) is 13.7 Å². The van der Waals surface area contributed by atoms with Crippen LogP contribution in [0.1, 0.15) is 38.5 Å². The number of carbonyl (C=O) groups excluding carboxylic acids is 2. The highest BCUT2D eigenvalue weighted by atomic mass is 16.5. The fourth-order valence-electron chi connectivity index (χ4n) is 1.99. The molecule has 6 heteroatoms. The van der Waals surface area contributed by atoms with Gasteiger partial charge in [0.15, 0.2) is 0 Å². The second-order valence-corrected chi connectivity index (χ2v) is 4.49. The minimum absolute atomic E-state index is 0.256. The molecule has 6 nitrogen and oxygen atoms in total. The van der Waals surface area contributed by atoms with Crippen molar-refractivity contribution in [3.63, 3.8) is 0 Å². The first-order chi connectivity index (χ1) is 9.19. The average molecular weight is 268 g/mol. The monoisotopic (exact) mass is 268 g/mol. The molecule has 0 saturated carbocycles. The molecule has 1 saturated heterocycles. The highest BCUT2D eigenvalue weighted by Crippen LogP contribution is 2.13. The van der Waals surface area contributed by atoms with E-state index in [0.717, 1.165) is 6.42 Å². The van der Waals surface area contributed by atoms with Gasteiger partial charge in [0.2, 0.25) is 5.91 Å². The van der Waals surface area contributed by atoms with Crippen molar-refractivity contribution in [3.8, 4) is 6.07 Å². The number of esters is 1. The van der Waals surface area contributed by atoms with Crippen LogP contribution in [0.15, 0.2) is 0 Å². The molecule has 0 bridgehead atoms. The summed E-state index contributed by atoms with van der Waals surface area (Å²) >= 11 is 0. The number of nitriles is 1. The first kappa shape index (κ1) is 15.4. The molecule has 0 aromatic rings. The molecule has 0 unspecified atom stereocenters. The minimum atomic E-state index is -0.652. The van der Waals surface area contributed by atoms with Crippen molar-refractivity contribution in [2.45, 2.75) is 50.7 Å². The molecule has 0 aromatic carbocycles. The van der Waals surface area contributed by atoms with Gasteiger partial charge in [-0.05, 0) is 32.1 Å². The largest absolute Gasteiger partial charge is 0.467 e. The molecule has 1 heterocycles. The molecule has 106 valence electrons. The van der Waals surface area contributed by atoms with Gasteiger partial charge in [-0.3, -0.25) is 4.79 Å². The molecule has 1 aliphatic heterocycles. The molecular weight excluding hydrogens is 248 g/mol. The van der Waals surface area contributed by atoms with E-state index in [1.807, 2.05) is 6.07 Å². The van der Waals surface area contributed by atoms with Crippen molar-refractivity contribution < 1.29 is 19.1 Å². The number of carbonyl (C=O) groups is 2. The summed E-state index contributed by atoms with van der Waals surface area (Å²) in [5.74, 6) is -0.712. The molecule has 1 N–H and O–H groups in total. The smallest absolute Gasteiger partial charge is 0.328 e. The van der Waals surface area contributed by atoms with Crippen molar-refractivity contribution in [2.24, 2.45) is 0 Å². The molecule has 0 radical (unpaired) electrons. The zero-order valence-corrected chi connectivity index (χ0v) is 11.2.